The molecule has 0 aromatic heterocycles. The van der Waals surface area contributed by atoms with Crippen LogP contribution in [0.25, 0.3) is 11.1 Å². The molecule has 0 saturated carbocycles. The van der Waals surface area contributed by atoms with Crippen LogP contribution in [0.4, 0.5) is 5.69 Å². The van der Waals surface area contributed by atoms with E-state index in [9.17, 15) is 24.6 Å². The zero-order valence-corrected chi connectivity index (χ0v) is 17.5. The van der Waals surface area contributed by atoms with Crippen LogP contribution in [0.2, 0.25) is 0 Å². The standard InChI is InChI=1S/C22H27N3O6/c1-24(31-12-4-11-25-9-2-3-10-25)17(26)13-14-5-7-15-16(8-6-14)19(22(29)30)20(23)18(15)21(27)28/h5-8H,2-4,9-13,23H2,1H3,(H,27,28)(H,29,30). The minimum absolute atomic E-state index is 0.0280. The van der Waals surface area contributed by atoms with Gasteiger partial charge in [0.2, 0.25) is 5.91 Å². The predicted molar refractivity (Wildman–Crippen MR) is 114 cm³/mol. The molecule has 0 aromatic carbocycles. The highest BCUT2D eigenvalue weighted by molar-refractivity contribution is 6.14. The summed E-state index contributed by atoms with van der Waals surface area (Å²) in [4.78, 5) is 43.5. The molecule has 166 valence electrons. The number of carbonyl (C=O) groups is 3. The lowest BCUT2D eigenvalue weighted by Crippen LogP contribution is -2.30. The highest BCUT2D eigenvalue weighted by Gasteiger charge is 2.28. The molecule has 0 spiro atoms. The van der Waals surface area contributed by atoms with Gasteiger partial charge in [0.05, 0.1) is 29.8 Å². The maximum Gasteiger partial charge on any atom is 0.338 e. The number of hydrogen-bond acceptors (Lipinski definition) is 6. The van der Waals surface area contributed by atoms with Gasteiger partial charge in [0.25, 0.3) is 0 Å². The van der Waals surface area contributed by atoms with Crippen LogP contribution >= 0.6 is 0 Å². The van der Waals surface area contributed by atoms with Crippen molar-refractivity contribution < 1.29 is 29.4 Å². The number of nitrogen functional groups attached to an aromatic ring is 1. The summed E-state index contributed by atoms with van der Waals surface area (Å²) in [5, 5.41) is 20.1. The van der Waals surface area contributed by atoms with Crippen LogP contribution < -0.4 is 5.73 Å². The number of hydrogen-bond donors (Lipinski definition) is 3. The number of fused-ring (bicyclic) bond motifs is 1. The molecule has 3 aliphatic rings. The van der Waals surface area contributed by atoms with E-state index < -0.39 is 11.9 Å². The average Bonchev–Trinajstić information content (AvgIpc) is 3.27. The molecule has 1 fully saturated rings. The minimum atomic E-state index is -1.30. The molecule has 0 unspecified atom stereocenters. The Bertz CT molecular complexity index is 903. The van der Waals surface area contributed by atoms with Gasteiger partial charge in [0.1, 0.15) is 0 Å². The van der Waals surface area contributed by atoms with Gasteiger partial charge in [0, 0.05) is 13.6 Å². The fourth-order valence-corrected chi connectivity index (χ4v) is 3.90. The second kappa shape index (κ2) is 9.76. The summed E-state index contributed by atoms with van der Waals surface area (Å²) in [5.74, 6) is -2.87. The van der Waals surface area contributed by atoms with Crippen molar-refractivity contribution in [2.45, 2.75) is 25.7 Å². The Balaban J connectivity index is 1.67. The lowest BCUT2D eigenvalue weighted by molar-refractivity contribution is -0.178. The number of carbonyl (C=O) groups excluding carboxylic acids is 1. The highest BCUT2D eigenvalue weighted by atomic mass is 16.7. The zero-order valence-electron chi connectivity index (χ0n) is 17.5. The molecule has 0 atom stereocenters. The van der Waals surface area contributed by atoms with Gasteiger partial charge in [-0.15, -0.1) is 0 Å². The van der Waals surface area contributed by atoms with Crippen molar-refractivity contribution in [1.82, 2.24) is 9.96 Å². The van der Waals surface area contributed by atoms with Gasteiger partial charge in [-0.05, 0) is 49.0 Å². The predicted octanol–water partition coefficient (Wildman–Crippen LogP) is 2.19. The van der Waals surface area contributed by atoms with Crippen LogP contribution in [0.5, 0.6) is 0 Å². The first-order valence-electron chi connectivity index (χ1n) is 10.2. The van der Waals surface area contributed by atoms with Crippen molar-refractivity contribution in [1.29, 1.82) is 0 Å². The summed E-state index contributed by atoms with van der Waals surface area (Å²) in [6.45, 7) is 3.64. The molecule has 0 bridgehead atoms. The largest absolute Gasteiger partial charge is 0.478 e. The second-order valence-corrected chi connectivity index (χ2v) is 7.65. The molecule has 0 radical (unpaired) electrons. The molecule has 9 heteroatoms. The second-order valence-electron chi connectivity index (χ2n) is 7.65. The third-order valence-corrected chi connectivity index (χ3v) is 5.53. The molecule has 3 rings (SSSR count). The van der Waals surface area contributed by atoms with E-state index in [1.54, 1.807) is 19.2 Å². The van der Waals surface area contributed by atoms with Crippen molar-refractivity contribution in [2.75, 3.05) is 39.0 Å². The SMILES string of the molecule is CN(OCCCN1CCCC1)C(=O)Cc1ccc2c(C(=O)O)c(N)c(C(=O)O)c-2cc1. The maximum atomic E-state index is 12.5. The van der Waals surface area contributed by atoms with E-state index in [4.69, 9.17) is 10.6 Å². The first-order valence-corrected chi connectivity index (χ1v) is 10.2. The summed E-state index contributed by atoms with van der Waals surface area (Å²) >= 11 is 0. The number of amides is 1. The Morgan fingerprint density at radius 1 is 1.03 bits per heavy atom. The van der Waals surface area contributed by atoms with E-state index >= 15 is 0 Å². The van der Waals surface area contributed by atoms with Gasteiger partial charge in [0.15, 0.2) is 0 Å². The lowest BCUT2D eigenvalue weighted by atomic mass is 10.1. The van der Waals surface area contributed by atoms with Crippen LogP contribution in [0.15, 0.2) is 24.3 Å². The minimum Gasteiger partial charge on any atom is -0.478 e. The number of likely N-dealkylation sites (N-methyl/N-ethyl adjacent to an activating group) is 1. The number of anilines is 1. The maximum absolute atomic E-state index is 12.5. The first-order chi connectivity index (χ1) is 14.8. The average molecular weight is 429 g/mol. The van der Waals surface area contributed by atoms with E-state index in [2.05, 4.69) is 4.90 Å². The molecular formula is C22H27N3O6. The van der Waals surface area contributed by atoms with E-state index in [1.165, 1.54) is 30.0 Å². The fraction of sp³-hybridized carbons (Fsp3) is 0.409. The zero-order chi connectivity index (χ0) is 22.5. The number of carboxylic acids is 2. The van der Waals surface area contributed by atoms with E-state index in [0.717, 1.165) is 26.1 Å². The fourth-order valence-electron chi connectivity index (χ4n) is 3.90. The van der Waals surface area contributed by atoms with Gasteiger partial charge in [-0.2, -0.15) is 0 Å². The van der Waals surface area contributed by atoms with Crippen molar-refractivity contribution in [2.24, 2.45) is 0 Å². The summed E-state index contributed by atoms with van der Waals surface area (Å²) in [7, 11) is 1.56. The molecule has 1 aliphatic heterocycles. The smallest absolute Gasteiger partial charge is 0.338 e. The van der Waals surface area contributed by atoms with Crippen LogP contribution in [-0.2, 0) is 16.1 Å². The quantitative estimate of drug-likeness (QED) is 0.408. The molecule has 1 heterocycles. The molecule has 4 N–H and O–H groups in total. The van der Waals surface area contributed by atoms with Crippen LogP contribution in [0.3, 0.4) is 0 Å². The van der Waals surface area contributed by atoms with Gasteiger partial charge in [-0.3, -0.25) is 9.63 Å². The van der Waals surface area contributed by atoms with Crippen molar-refractivity contribution in [3.63, 3.8) is 0 Å². The first kappa shape index (κ1) is 22.5. The molecule has 0 aromatic rings. The number of hydroxylamine groups is 2. The highest BCUT2D eigenvalue weighted by Crippen LogP contribution is 2.38. The lowest BCUT2D eigenvalue weighted by Gasteiger charge is -2.18. The Morgan fingerprint density at radius 3 is 2.10 bits per heavy atom. The van der Waals surface area contributed by atoms with Gasteiger partial charge in [-0.25, -0.2) is 14.7 Å². The van der Waals surface area contributed by atoms with Crippen molar-refractivity contribution in [3.05, 3.63) is 41.0 Å². The summed E-state index contributed by atoms with van der Waals surface area (Å²) < 4.78 is 0. The molecule has 9 nitrogen and oxygen atoms in total. The normalized spacial score (nSPS) is 14.1. The monoisotopic (exact) mass is 429 g/mol. The van der Waals surface area contributed by atoms with Crippen molar-refractivity contribution >= 4 is 23.5 Å². The molecular weight excluding hydrogens is 402 g/mol. The number of aromatic carboxylic acids is 2. The topological polar surface area (TPSA) is 133 Å². The molecule has 1 amide bonds. The van der Waals surface area contributed by atoms with Crippen LogP contribution in [0.1, 0.15) is 45.5 Å². The Labute approximate surface area is 180 Å². The van der Waals surface area contributed by atoms with E-state index in [0.29, 0.717) is 12.2 Å². The summed E-state index contributed by atoms with van der Waals surface area (Å²) in [6.07, 6.45) is 3.34. The van der Waals surface area contributed by atoms with E-state index in [-0.39, 0.29) is 40.3 Å². The molecule has 1 saturated heterocycles. The molecule has 2 aliphatic carbocycles. The Hall–Kier alpha value is -3.17. The van der Waals surface area contributed by atoms with Crippen molar-refractivity contribution in [3.8, 4) is 11.1 Å². The number of likely N-dealkylation sites (tertiary alicyclic amines) is 1. The van der Waals surface area contributed by atoms with Crippen LogP contribution in [-0.4, -0.2) is 71.3 Å². The number of rotatable bonds is 9. The molecule has 31 heavy (non-hydrogen) atoms. The number of carboxylic acid groups (broad SMARTS) is 2. The van der Waals surface area contributed by atoms with E-state index in [1.807, 2.05) is 0 Å². The Morgan fingerprint density at radius 2 is 1.58 bits per heavy atom. The number of nitrogens with zero attached hydrogens (tertiary/aromatic N) is 2. The third-order valence-electron chi connectivity index (χ3n) is 5.53. The van der Waals surface area contributed by atoms with Gasteiger partial charge >= 0.3 is 11.9 Å². The summed E-state index contributed by atoms with van der Waals surface area (Å²) in [5.41, 5.74) is 6.02. The van der Waals surface area contributed by atoms with Gasteiger partial charge in [-0.1, -0.05) is 24.3 Å². The Kier molecular flexibility index (Phi) is 7.09. The number of nitrogens with two attached hydrogens (primary N) is 1. The third kappa shape index (κ3) is 5.12. The van der Waals surface area contributed by atoms with Crippen LogP contribution in [0, 0.1) is 0 Å². The summed E-state index contributed by atoms with van der Waals surface area (Å²) in [6, 6.07) is 6.17. The van der Waals surface area contributed by atoms with Gasteiger partial charge < -0.3 is 20.8 Å².